The van der Waals surface area contributed by atoms with Crippen LogP contribution >= 0.6 is 34.8 Å². The second-order valence-corrected chi connectivity index (χ2v) is 6.03. The third kappa shape index (κ3) is 4.07. The van der Waals surface area contributed by atoms with Crippen LogP contribution in [0.1, 0.15) is 11.1 Å². The molecule has 22 heavy (non-hydrogen) atoms. The smallest absolute Gasteiger partial charge is 0.262 e. The van der Waals surface area contributed by atoms with Crippen LogP contribution in [0, 0.1) is 13.8 Å². The van der Waals surface area contributed by atoms with E-state index in [1.807, 2.05) is 32.0 Å². The Hall–Kier alpha value is -1.42. The monoisotopic (exact) mass is 357 g/mol. The van der Waals surface area contributed by atoms with E-state index in [0.29, 0.717) is 16.5 Å². The number of hydrogen-bond donors (Lipinski definition) is 1. The number of aryl methyl sites for hydroxylation is 1. The molecule has 0 spiro atoms. The second kappa shape index (κ2) is 7.23. The lowest BCUT2D eigenvalue weighted by Crippen LogP contribution is -2.21. The molecule has 6 heteroatoms. The molecule has 3 nitrogen and oxygen atoms in total. The van der Waals surface area contributed by atoms with E-state index in [4.69, 9.17) is 39.5 Å². The molecule has 0 aliphatic rings. The average molecular weight is 359 g/mol. The van der Waals surface area contributed by atoms with Crippen LogP contribution in [0.4, 0.5) is 5.69 Å². The van der Waals surface area contributed by atoms with Crippen LogP contribution in [-0.2, 0) is 4.79 Å². The van der Waals surface area contributed by atoms with Gasteiger partial charge >= 0.3 is 0 Å². The number of amides is 1. The summed E-state index contributed by atoms with van der Waals surface area (Å²) in [6, 6.07) is 8.70. The highest BCUT2D eigenvalue weighted by Gasteiger charge is 2.12. The molecule has 0 radical (unpaired) electrons. The molecule has 0 heterocycles. The quantitative estimate of drug-likeness (QED) is 0.807. The molecule has 0 fully saturated rings. The normalized spacial score (nSPS) is 10.4. The van der Waals surface area contributed by atoms with Crippen LogP contribution in [0.3, 0.4) is 0 Å². The zero-order valence-corrected chi connectivity index (χ0v) is 14.3. The Morgan fingerprint density at radius 1 is 1.14 bits per heavy atom. The zero-order valence-electron chi connectivity index (χ0n) is 12.0. The van der Waals surface area contributed by atoms with Gasteiger partial charge in [-0.15, -0.1) is 0 Å². The molecule has 1 amide bonds. The van der Waals surface area contributed by atoms with E-state index in [1.54, 1.807) is 0 Å². The van der Waals surface area contributed by atoms with Gasteiger partial charge in [0, 0.05) is 5.02 Å². The Morgan fingerprint density at radius 3 is 2.41 bits per heavy atom. The van der Waals surface area contributed by atoms with E-state index in [2.05, 4.69) is 5.32 Å². The van der Waals surface area contributed by atoms with E-state index in [-0.39, 0.29) is 22.6 Å². The predicted molar refractivity (Wildman–Crippen MR) is 91.5 cm³/mol. The lowest BCUT2D eigenvalue weighted by Gasteiger charge is -2.12. The molecule has 0 aliphatic heterocycles. The number of ether oxygens (including phenoxy) is 1. The van der Waals surface area contributed by atoms with Crippen LogP contribution in [0.5, 0.6) is 5.75 Å². The van der Waals surface area contributed by atoms with Crippen LogP contribution in [-0.4, -0.2) is 12.5 Å². The minimum absolute atomic E-state index is 0.139. The maximum absolute atomic E-state index is 12.0. The van der Waals surface area contributed by atoms with Crippen molar-refractivity contribution in [1.82, 2.24) is 0 Å². The first kappa shape index (κ1) is 16.9. The molecule has 0 bridgehead atoms. The summed E-state index contributed by atoms with van der Waals surface area (Å²) in [6.07, 6.45) is 0. The Bertz CT molecular complexity index is 694. The molecule has 0 atom stereocenters. The fourth-order valence-electron chi connectivity index (χ4n) is 1.86. The summed E-state index contributed by atoms with van der Waals surface area (Å²) < 4.78 is 5.53. The molecule has 0 aromatic heterocycles. The van der Waals surface area contributed by atoms with Gasteiger partial charge in [0.1, 0.15) is 5.75 Å². The summed E-state index contributed by atoms with van der Waals surface area (Å²) >= 11 is 17.9. The summed E-state index contributed by atoms with van der Waals surface area (Å²) in [5, 5.41) is 3.58. The topological polar surface area (TPSA) is 38.3 Å². The van der Waals surface area contributed by atoms with E-state index < -0.39 is 0 Å². The number of carbonyl (C=O) groups is 1. The van der Waals surface area contributed by atoms with Gasteiger partial charge in [0.25, 0.3) is 5.91 Å². The molecule has 0 saturated heterocycles. The molecule has 116 valence electrons. The lowest BCUT2D eigenvalue weighted by molar-refractivity contribution is -0.118. The van der Waals surface area contributed by atoms with Crippen molar-refractivity contribution in [3.8, 4) is 5.75 Å². The summed E-state index contributed by atoms with van der Waals surface area (Å²) in [5.41, 5.74) is 2.42. The van der Waals surface area contributed by atoms with E-state index in [1.165, 1.54) is 12.1 Å². The summed E-state index contributed by atoms with van der Waals surface area (Å²) in [6.45, 7) is 3.78. The third-order valence-corrected chi connectivity index (χ3v) is 4.00. The van der Waals surface area contributed by atoms with Crippen molar-refractivity contribution in [3.63, 3.8) is 0 Å². The van der Waals surface area contributed by atoms with Crippen LogP contribution in [0.25, 0.3) is 0 Å². The van der Waals surface area contributed by atoms with Crippen LogP contribution in [0.2, 0.25) is 15.1 Å². The van der Waals surface area contributed by atoms with Gasteiger partial charge in [0.15, 0.2) is 6.61 Å². The maximum Gasteiger partial charge on any atom is 0.262 e. The van der Waals surface area contributed by atoms with E-state index in [9.17, 15) is 4.79 Å². The van der Waals surface area contributed by atoms with Crippen molar-refractivity contribution in [3.05, 3.63) is 56.5 Å². The number of carbonyl (C=O) groups excluding carboxylic acids is 1. The number of rotatable bonds is 4. The van der Waals surface area contributed by atoms with Gasteiger partial charge in [-0.2, -0.15) is 0 Å². The number of benzene rings is 2. The Balaban J connectivity index is 2.04. The van der Waals surface area contributed by atoms with Gasteiger partial charge in [-0.3, -0.25) is 4.79 Å². The Labute approximate surface area is 144 Å². The lowest BCUT2D eigenvalue weighted by atomic mass is 10.1. The van der Waals surface area contributed by atoms with Gasteiger partial charge in [0.05, 0.1) is 15.7 Å². The van der Waals surface area contributed by atoms with E-state index in [0.717, 1.165) is 11.1 Å². The highest BCUT2D eigenvalue weighted by molar-refractivity contribution is 6.42. The highest BCUT2D eigenvalue weighted by Crippen LogP contribution is 2.33. The maximum atomic E-state index is 12.0. The Morgan fingerprint density at radius 2 is 1.77 bits per heavy atom. The standard InChI is InChI=1S/C16H14Cl3NO2/c1-9-4-3-5-14(10(9)2)22-8-15(21)20-16-12(18)6-11(17)7-13(16)19/h3-7H,8H2,1-2H3,(H,20,21). The SMILES string of the molecule is Cc1cccc(OCC(=O)Nc2c(Cl)cc(Cl)cc2Cl)c1C. The molecule has 0 aliphatic carbocycles. The minimum atomic E-state index is -0.355. The van der Waals surface area contributed by atoms with Gasteiger partial charge in [0.2, 0.25) is 0 Å². The zero-order chi connectivity index (χ0) is 16.3. The third-order valence-electron chi connectivity index (χ3n) is 3.18. The number of nitrogens with one attached hydrogen (secondary N) is 1. The average Bonchev–Trinajstić information content (AvgIpc) is 2.44. The fraction of sp³-hybridized carbons (Fsp3) is 0.188. The first-order valence-electron chi connectivity index (χ1n) is 6.52. The first-order valence-corrected chi connectivity index (χ1v) is 7.65. The molecule has 2 aromatic rings. The van der Waals surface area contributed by atoms with Crippen molar-refractivity contribution in [2.24, 2.45) is 0 Å². The van der Waals surface area contributed by atoms with E-state index >= 15 is 0 Å². The second-order valence-electron chi connectivity index (χ2n) is 4.78. The number of anilines is 1. The summed E-state index contributed by atoms with van der Waals surface area (Å²) in [5.74, 6) is 0.315. The van der Waals surface area contributed by atoms with Crippen LogP contribution in [0.15, 0.2) is 30.3 Å². The van der Waals surface area contributed by atoms with Crippen LogP contribution < -0.4 is 10.1 Å². The first-order chi connectivity index (χ1) is 10.4. The molecular weight excluding hydrogens is 345 g/mol. The molecule has 0 saturated carbocycles. The van der Waals surface area contributed by atoms with Gasteiger partial charge in [-0.1, -0.05) is 46.9 Å². The van der Waals surface area contributed by atoms with Gasteiger partial charge in [-0.05, 0) is 43.2 Å². The molecular formula is C16H14Cl3NO2. The number of halogens is 3. The summed E-state index contributed by atoms with van der Waals surface area (Å²) in [4.78, 5) is 12.0. The largest absolute Gasteiger partial charge is 0.483 e. The van der Waals surface area contributed by atoms with Gasteiger partial charge in [-0.25, -0.2) is 0 Å². The van der Waals surface area contributed by atoms with Crippen molar-refractivity contribution >= 4 is 46.4 Å². The van der Waals surface area contributed by atoms with Crippen molar-refractivity contribution in [2.75, 3.05) is 11.9 Å². The highest BCUT2D eigenvalue weighted by atomic mass is 35.5. The predicted octanol–water partition coefficient (Wildman–Crippen LogP) is 5.28. The number of hydrogen-bond acceptors (Lipinski definition) is 2. The molecule has 2 aromatic carbocycles. The van der Waals surface area contributed by atoms with Gasteiger partial charge < -0.3 is 10.1 Å². The fourth-order valence-corrected chi connectivity index (χ4v) is 2.77. The minimum Gasteiger partial charge on any atom is -0.483 e. The van der Waals surface area contributed by atoms with Crippen molar-refractivity contribution < 1.29 is 9.53 Å². The molecule has 2 rings (SSSR count). The van der Waals surface area contributed by atoms with Crippen molar-refractivity contribution in [2.45, 2.75) is 13.8 Å². The van der Waals surface area contributed by atoms with Crippen molar-refractivity contribution in [1.29, 1.82) is 0 Å². The molecule has 0 unspecified atom stereocenters. The Kier molecular flexibility index (Phi) is 5.57. The summed E-state index contributed by atoms with van der Waals surface area (Å²) in [7, 11) is 0. The molecule has 1 N–H and O–H groups in total.